The predicted molar refractivity (Wildman–Crippen MR) is 154 cm³/mol. The lowest BCUT2D eigenvalue weighted by Gasteiger charge is -2.64. The number of alkyl halides is 3. The number of esters is 2. The number of carbonyl (C=O) groups excluding carboxylic acids is 3. The number of rotatable bonds is 9. The molecule has 3 aliphatic carbocycles. The van der Waals surface area contributed by atoms with E-state index in [-0.39, 0.29) is 35.2 Å². The summed E-state index contributed by atoms with van der Waals surface area (Å²) >= 11 is 0. The fraction of sp³-hybridized carbons (Fsp3) is 0.531. The second-order valence-corrected chi connectivity index (χ2v) is 13.1. The Morgan fingerprint density at radius 2 is 1.87 bits per heavy atom. The highest BCUT2D eigenvalue weighted by molar-refractivity contribution is 6.48. The number of methoxy groups -OCH3 is 1. The highest BCUT2D eigenvalue weighted by Crippen LogP contribution is 2.65. The first-order chi connectivity index (χ1) is 21.2. The van der Waals surface area contributed by atoms with Crippen LogP contribution in [0.1, 0.15) is 84.6 Å². The molecule has 240 valence electrons. The number of fused-ring (bicyclic) bond motifs is 1. The second kappa shape index (κ2) is 11.3. The molecule has 13 heteroatoms. The molecule has 0 aromatic heterocycles. The van der Waals surface area contributed by atoms with Crippen molar-refractivity contribution in [1.82, 2.24) is 5.32 Å². The van der Waals surface area contributed by atoms with E-state index in [0.717, 1.165) is 12.8 Å². The van der Waals surface area contributed by atoms with E-state index < -0.39 is 61.8 Å². The van der Waals surface area contributed by atoms with Gasteiger partial charge in [-0.1, -0.05) is 44.2 Å². The molecule has 2 aromatic carbocycles. The number of ether oxygens (including phenoxy) is 3. The number of hydrogen-bond acceptors (Lipinski definition) is 8. The van der Waals surface area contributed by atoms with Crippen molar-refractivity contribution in [3.63, 3.8) is 0 Å². The van der Waals surface area contributed by atoms with Crippen molar-refractivity contribution in [1.29, 1.82) is 0 Å². The largest absolute Gasteiger partial charge is 0.496 e. The van der Waals surface area contributed by atoms with E-state index in [1.165, 1.54) is 13.2 Å². The molecule has 0 radical (unpaired) electrons. The molecular weight excluding hydrogens is 594 g/mol. The minimum Gasteiger partial charge on any atom is -0.496 e. The number of benzene rings is 2. The Morgan fingerprint density at radius 1 is 1.11 bits per heavy atom. The third kappa shape index (κ3) is 5.69. The number of halogens is 3. The van der Waals surface area contributed by atoms with Gasteiger partial charge in [0, 0.05) is 12.0 Å². The highest BCUT2D eigenvalue weighted by atomic mass is 19.4. The van der Waals surface area contributed by atoms with E-state index in [0.29, 0.717) is 22.6 Å². The van der Waals surface area contributed by atoms with Gasteiger partial charge in [0.1, 0.15) is 11.3 Å². The molecule has 6 atom stereocenters. The van der Waals surface area contributed by atoms with E-state index in [2.05, 4.69) is 19.2 Å². The van der Waals surface area contributed by atoms with E-state index in [9.17, 15) is 27.6 Å². The summed E-state index contributed by atoms with van der Waals surface area (Å²) in [7, 11) is 0.421. The highest BCUT2D eigenvalue weighted by Gasteiger charge is 2.68. The van der Waals surface area contributed by atoms with Crippen LogP contribution in [-0.2, 0) is 30.0 Å². The number of amides is 1. The van der Waals surface area contributed by atoms with Crippen LogP contribution < -0.4 is 10.1 Å². The third-order valence-corrected chi connectivity index (χ3v) is 10.1. The molecule has 2 aliphatic heterocycles. The Morgan fingerprint density at radius 3 is 2.58 bits per heavy atom. The zero-order chi connectivity index (χ0) is 32.3. The minimum absolute atomic E-state index is 0.0221. The van der Waals surface area contributed by atoms with Crippen LogP contribution in [0.5, 0.6) is 5.75 Å². The van der Waals surface area contributed by atoms with Gasteiger partial charge < -0.3 is 28.8 Å². The van der Waals surface area contributed by atoms with Gasteiger partial charge >= 0.3 is 25.2 Å². The number of nitrogens with one attached hydrogen (secondary N) is 1. The SMILES string of the molecule is COc1c(CC(NC(=O)CCC(F)(F)F)B2OC3CC4CC(C4(C)C)C3(C)O2)cccc1C(=O)OC1OC(=O)c2ccccc21. The maximum atomic E-state index is 13.3. The van der Waals surface area contributed by atoms with Crippen LogP contribution in [0.3, 0.4) is 0 Å². The molecular formula is C32H35BF3NO8. The second-order valence-electron chi connectivity index (χ2n) is 13.1. The van der Waals surface area contributed by atoms with Gasteiger partial charge in [0.05, 0.1) is 36.7 Å². The molecule has 1 saturated heterocycles. The van der Waals surface area contributed by atoms with Crippen molar-refractivity contribution in [3.8, 4) is 5.75 Å². The van der Waals surface area contributed by atoms with Gasteiger partial charge in [-0.2, -0.15) is 13.2 Å². The van der Waals surface area contributed by atoms with Crippen molar-refractivity contribution in [2.45, 2.75) is 83.0 Å². The molecule has 3 saturated carbocycles. The average molecular weight is 629 g/mol. The van der Waals surface area contributed by atoms with Gasteiger partial charge in [0.2, 0.25) is 5.91 Å². The van der Waals surface area contributed by atoms with Crippen LogP contribution in [0.4, 0.5) is 13.2 Å². The molecule has 9 nitrogen and oxygen atoms in total. The zero-order valence-electron chi connectivity index (χ0n) is 25.4. The smallest absolute Gasteiger partial charge is 0.482 e. The molecule has 0 spiro atoms. The molecule has 2 aromatic rings. The van der Waals surface area contributed by atoms with Gasteiger partial charge in [0.25, 0.3) is 6.29 Å². The molecule has 4 fully saturated rings. The lowest BCUT2D eigenvalue weighted by Crippen LogP contribution is -2.65. The lowest BCUT2D eigenvalue weighted by atomic mass is 9.43. The fourth-order valence-electron chi connectivity index (χ4n) is 7.57. The van der Waals surface area contributed by atoms with Gasteiger partial charge in [-0.3, -0.25) is 4.79 Å². The van der Waals surface area contributed by atoms with Crippen molar-refractivity contribution in [3.05, 3.63) is 64.7 Å². The molecule has 2 bridgehead atoms. The monoisotopic (exact) mass is 629 g/mol. The summed E-state index contributed by atoms with van der Waals surface area (Å²) in [6.45, 7) is 6.43. The molecule has 5 aliphatic rings. The first-order valence-electron chi connectivity index (χ1n) is 15.1. The summed E-state index contributed by atoms with van der Waals surface area (Å²) in [6.07, 6.45) is -6.18. The van der Waals surface area contributed by atoms with Crippen molar-refractivity contribution < 1.29 is 51.1 Å². The van der Waals surface area contributed by atoms with E-state index in [1.54, 1.807) is 36.4 Å². The van der Waals surface area contributed by atoms with Gasteiger partial charge in [0.15, 0.2) is 0 Å². The van der Waals surface area contributed by atoms with Gasteiger partial charge in [-0.15, -0.1) is 0 Å². The average Bonchev–Trinajstić information content (AvgIpc) is 3.51. The van der Waals surface area contributed by atoms with Crippen LogP contribution in [0.15, 0.2) is 42.5 Å². The van der Waals surface area contributed by atoms with Crippen LogP contribution in [0.25, 0.3) is 0 Å². The first-order valence-corrected chi connectivity index (χ1v) is 15.1. The third-order valence-electron chi connectivity index (χ3n) is 10.1. The van der Waals surface area contributed by atoms with Crippen molar-refractivity contribution >= 4 is 25.0 Å². The number of cyclic esters (lactones) is 1. The summed E-state index contributed by atoms with van der Waals surface area (Å²) in [5.74, 6) is -2.29. The maximum absolute atomic E-state index is 13.3. The molecule has 6 unspecified atom stereocenters. The summed E-state index contributed by atoms with van der Waals surface area (Å²) in [4.78, 5) is 38.4. The summed E-state index contributed by atoms with van der Waals surface area (Å²) in [5, 5.41) is 2.71. The molecule has 1 amide bonds. The van der Waals surface area contributed by atoms with Crippen LogP contribution in [0.2, 0.25) is 0 Å². The quantitative estimate of drug-likeness (QED) is 0.292. The Balaban J connectivity index is 1.24. The minimum atomic E-state index is -4.49. The standard InChI is InChI=1S/C32H35BF3NO8/c1-30(2)18-15-22(30)31(3)23(16-18)44-33(45-31)24(37-25(38)12-13-32(34,35)36)14-17-8-7-11-21(26(17)41-4)28(40)43-29-20-10-6-5-9-19(20)27(39)42-29/h5-11,18,22-24,29H,12-16H2,1-4H3,(H,37,38). The molecule has 2 heterocycles. The zero-order valence-corrected chi connectivity index (χ0v) is 25.4. The Bertz CT molecular complexity index is 1520. The number of carbonyl (C=O) groups is 3. The predicted octanol–water partition coefficient (Wildman–Crippen LogP) is 5.36. The van der Waals surface area contributed by atoms with Crippen LogP contribution in [0, 0.1) is 17.3 Å². The van der Waals surface area contributed by atoms with Crippen molar-refractivity contribution in [2.75, 3.05) is 7.11 Å². The molecule has 7 rings (SSSR count). The Hall–Kier alpha value is -3.58. The first kappa shape index (κ1) is 31.4. The maximum Gasteiger partial charge on any atom is 0.482 e. The summed E-state index contributed by atoms with van der Waals surface area (Å²) < 4.78 is 68.1. The Labute approximate surface area is 259 Å². The van der Waals surface area contributed by atoms with Crippen LogP contribution >= 0.6 is 0 Å². The summed E-state index contributed by atoms with van der Waals surface area (Å²) in [6, 6.07) is 11.3. The molecule has 45 heavy (non-hydrogen) atoms. The topological polar surface area (TPSA) is 109 Å². The number of hydrogen-bond donors (Lipinski definition) is 1. The van der Waals surface area contributed by atoms with E-state index >= 15 is 0 Å². The lowest BCUT2D eigenvalue weighted by molar-refractivity contribution is -0.199. The van der Waals surface area contributed by atoms with Crippen LogP contribution in [-0.4, -0.2) is 55.9 Å². The van der Waals surface area contributed by atoms with Gasteiger partial charge in [-0.05, 0) is 61.1 Å². The Kier molecular flexibility index (Phi) is 7.92. The molecule has 1 N–H and O–H groups in total. The van der Waals surface area contributed by atoms with E-state index in [1.807, 2.05) is 6.92 Å². The fourth-order valence-corrected chi connectivity index (χ4v) is 7.57. The van der Waals surface area contributed by atoms with E-state index in [4.69, 9.17) is 23.5 Å². The normalized spacial score (nSPS) is 28.3. The van der Waals surface area contributed by atoms with Gasteiger partial charge in [-0.25, -0.2) is 9.59 Å². The van der Waals surface area contributed by atoms with Crippen molar-refractivity contribution in [2.24, 2.45) is 17.3 Å². The number of para-hydroxylation sites is 1. The summed E-state index contributed by atoms with van der Waals surface area (Å²) in [5.41, 5.74) is 0.651.